The van der Waals surface area contributed by atoms with Crippen LogP contribution in [0.4, 0.5) is 11.4 Å². The molecule has 4 heteroatoms. The van der Waals surface area contributed by atoms with E-state index in [2.05, 4.69) is 17.1 Å². The number of carbonyl (C=O) groups is 1. The Morgan fingerprint density at radius 2 is 2.21 bits per heavy atom. The summed E-state index contributed by atoms with van der Waals surface area (Å²) in [6.45, 7) is 5.99. The zero-order chi connectivity index (χ0) is 13.8. The number of hydrogen-bond donors (Lipinski definition) is 2. The number of aryl methyl sites for hydroxylation is 1. The highest BCUT2D eigenvalue weighted by Gasteiger charge is 2.27. The van der Waals surface area contributed by atoms with Gasteiger partial charge in [0.2, 0.25) is 5.91 Å². The minimum Gasteiger partial charge on any atom is -0.399 e. The summed E-state index contributed by atoms with van der Waals surface area (Å²) in [6, 6.07) is 6.29. The van der Waals surface area contributed by atoms with E-state index in [-0.39, 0.29) is 5.91 Å². The molecule has 4 nitrogen and oxygen atoms in total. The highest BCUT2D eigenvalue weighted by atomic mass is 16.1. The van der Waals surface area contributed by atoms with Crippen molar-refractivity contribution in [3.05, 3.63) is 23.8 Å². The smallest absolute Gasteiger partial charge is 0.225 e. The van der Waals surface area contributed by atoms with Crippen LogP contribution in [0.3, 0.4) is 0 Å². The summed E-state index contributed by atoms with van der Waals surface area (Å²) < 4.78 is 0. The molecule has 0 unspecified atom stereocenters. The first-order chi connectivity index (χ1) is 9.10. The largest absolute Gasteiger partial charge is 0.399 e. The predicted octanol–water partition coefficient (Wildman–Crippen LogP) is 2.39. The lowest BCUT2D eigenvalue weighted by molar-refractivity contribution is -0.116. The van der Waals surface area contributed by atoms with Crippen LogP contribution in [-0.4, -0.2) is 29.9 Å². The first-order valence-electron chi connectivity index (χ1n) is 7.00. The molecule has 1 aliphatic rings. The van der Waals surface area contributed by atoms with E-state index in [1.807, 2.05) is 25.1 Å². The Bertz CT molecular complexity index is 455. The summed E-state index contributed by atoms with van der Waals surface area (Å²) in [7, 11) is 0. The summed E-state index contributed by atoms with van der Waals surface area (Å²) in [6.07, 6.45) is 3.10. The number of amides is 1. The molecule has 0 aliphatic heterocycles. The number of anilines is 2. The third-order valence-corrected chi connectivity index (χ3v) is 3.63. The molecule has 1 fully saturated rings. The van der Waals surface area contributed by atoms with E-state index in [1.165, 1.54) is 12.8 Å². The lowest BCUT2D eigenvalue weighted by Gasteiger charge is -2.19. The van der Waals surface area contributed by atoms with E-state index < -0.39 is 0 Å². The molecular weight excluding hydrogens is 238 g/mol. The standard InChI is InChI=1S/C15H23N3O/c1-3-18(13-6-7-13)9-8-15(19)17-14-10-12(16)5-4-11(14)2/h4-5,10,13H,3,6-9,16H2,1-2H3,(H,17,19). The molecule has 1 aromatic rings. The number of hydrogen-bond acceptors (Lipinski definition) is 3. The second-order valence-electron chi connectivity index (χ2n) is 5.23. The molecule has 0 atom stereocenters. The minimum absolute atomic E-state index is 0.0628. The number of nitrogens with one attached hydrogen (secondary N) is 1. The van der Waals surface area contributed by atoms with Crippen molar-refractivity contribution in [2.75, 3.05) is 24.1 Å². The monoisotopic (exact) mass is 261 g/mol. The number of nitrogens with two attached hydrogens (primary N) is 1. The molecule has 0 bridgehead atoms. The molecule has 1 amide bonds. The quantitative estimate of drug-likeness (QED) is 0.773. The second kappa shape index (κ2) is 6.06. The van der Waals surface area contributed by atoms with Crippen molar-refractivity contribution in [2.24, 2.45) is 0 Å². The van der Waals surface area contributed by atoms with Gasteiger partial charge >= 0.3 is 0 Å². The lowest BCUT2D eigenvalue weighted by Crippen LogP contribution is -2.29. The summed E-state index contributed by atoms with van der Waals surface area (Å²) in [4.78, 5) is 14.3. The first-order valence-corrected chi connectivity index (χ1v) is 7.00. The fourth-order valence-electron chi connectivity index (χ4n) is 2.27. The molecule has 1 saturated carbocycles. The number of carbonyl (C=O) groups excluding carboxylic acids is 1. The number of rotatable bonds is 6. The van der Waals surface area contributed by atoms with Crippen LogP contribution in [0.5, 0.6) is 0 Å². The van der Waals surface area contributed by atoms with Gasteiger partial charge in [0, 0.05) is 30.4 Å². The van der Waals surface area contributed by atoms with Crippen LogP contribution >= 0.6 is 0 Å². The van der Waals surface area contributed by atoms with Crippen LogP contribution in [0, 0.1) is 6.92 Å². The van der Waals surface area contributed by atoms with Gasteiger partial charge in [0.1, 0.15) is 0 Å². The fraction of sp³-hybridized carbons (Fsp3) is 0.533. The first kappa shape index (κ1) is 13.9. The summed E-state index contributed by atoms with van der Waals surface area (Å²) >= 11 is 0. The van der Waals surface area contributed by atoms with Crippen molar-refractivity contribution in [3.8, 4) is 0 Å². The van der Waals surface area contributed by atoms with Crippen molar-refractivity contribution in [1.82, 2.24) is 4.90 Å². The average molecular weight is 261 g/mol. The van der Waals surface area contributed by atoms with Gasteiger partial charge in [-0.2, -0.15) is 0 Å². The Hall–Kier alpha value is -1.55. The van der Waals surface area contributed by atoms with Crippen molar-refractivity contribution in [2.45, 2.75) is 39.2 Å². The van der Waals surface area contributed by atoms with Crippen LogP contribution < -0.4 is 11.1 Å². The highest BCUT2D eigenvalue weighted by Crippen LogP contribution is 2.26. The maximum Gasteiger partial charge on any atom is 0.225 e. The maximum atomic E-state index is 12.0. The van der Waals surface area contributed by atoms with E-state index in [4.69, 9.17) is 5.73 Å². The molecule has 0 aromatic heterocycles. The van der Waals surface area contributed by atoms with Crippen LogP contribution in [0.2, 0.25) is 0 Å². The van der Waals surface area contributed by atoms with Crippen LogP contribution in [-0.2, 0) is 4.79 Å². The van der Waals surface area contributed by atoms with Gasteiger partial charge in [-0.3, -0.25) is 4.79 Å². The van der Waals surface area contributed by atoms with Gasteiger partial charge in [-0.1, -0.05) is 13.0 Å². The molecule has 0 radical (unpaired) electrons. The van der Waals surface area contributed by atoms with E-state index >= 15 is 0 Å². The van der Waals surface area contributed by atoms with Crippen LogP contribution in [0.1, 0.15) is 31.7 Å². The Balaban J connectivity index is 1.84. The van der Waals surface area contributed by atoms with Crippen molar-refractivity contribution >= 4 is 17.3 Å². The lowest BCUT2D eigenvalue weighted by atomic mass is 10.2. The topological polar surface area (TPSA) is 58.4 Å². The van der Waals surface area contributed by atoms with Gasteiger partial charge in [-0.05, 0) is 44.0 Å². The van der Waals surface area contributed by atoms with Gasteiger partial charge < -0.3 is 16.0 Å². The van der Waals surface area contributed by atoms with Gasteiger partial charge in [0.05, 0.1) is 0 Å². The third-order valence-electron chi connectivity index (χ3n) is 3.63. The second-order valence-corrected chi connectivity index (χ2v) is 5.23. The average Bonchev–Trinajstić information content (AvgIpc) is 3.19. The summed E-state index contributed by atoms with van der Waals surface area (Å²) in [5.41, 5.74) is 8.27. The van der Waals surface area contributed by atoms with Crippen molar-refractivity contribution in [1.29, 1.82) is 0 Å². The molecule has 3 N–H and O–H groups in total. The number of nitrogen functional groups attached to an aromatic ring is 1. The SMILES string of the molecule is CCN(CCC(=O)Nc1cc(N)ccc1C)C1CC1. The Morgan fingerprint density at radius 1 is 1.47 bits per heavy atom. The Labute approximate surface area is 115 Å². The van der Waals surface area contributed by atoms with Gasteiger partial charge in [0.15, 0.2) is 0 Å². The van der Waals surface area contributed by atoms with Gasteiger partial charge in [0.25, 0.3) is 0 Å². The minimum atomic E-state index is 0.0628. The van der Waals surface area contributed by atoms with Crippen LogP contribution in [0.15, 0.2) is 18.2 Å². The van der Waals surface area contributed by atoms with Crippen molar-refractivity contribution < 1.29 is 4.79 Å². The van der Waals surface area contributed by atoms with E-state index in [1.54, 1.807) is 0 Å². The molecule has 0 spiro atoms. The van der Waals surface area contributed by atoms with Crippen LogP contribution in [0.25, 0.3) is 0 Å². The summed E-state index contributed by atoms with van der Waals surface area (Å²) in [5.74, 6) is 0.0628. The van der Waals surface area contributed by atoms with Crippen molar-refractivity contribution in [3.63, 3.8) is 0 Å². The Kier molecular flexibility index (Phi) is 4.43. The van der Waals surface area contributed by atoms with E-state index in [0.29, 0.717) is 18.2 Å². The molecule has 104 valence electrons. The number of nitrogens with zero attached hydrogens (tertiary/aromatic N) is 1. The maximum absolute atomic E-state index is 12.0. The molecule has 1 aliphatic carbocycles. The zero-order valence-corrected chi connectivity index (χ0v) is 11.8. The Morgan fingerprint density at radius 3 is 2.84 bits per heavy atom. The van der Waals surface area contributed by atoms with Gasteiger partial charge in [-0.25, -0.2) is 0 Å². The molecule has 2 rings (SSSR count). The normalized spacial score (nSPS) is 14.7. The third kappa shape index (κ3) is 3.96. The van der Waals surface area contributed by atoms with E-state index in [0.717, 1.165) is 24.3 Å². The highest BCUT2D eigenvalue weighted by molar-refractivity contribution is 5.92. The molecular formula is C15H23N3O. The summed E-state index contributed by atoms with van der Waals surface area (Å²) in [5, 5.41) is 2.94. The molecule has 0 heterocycles. The molecule has 1 aromatic carbocycles. The molecule has 0 saturated heterocycles. The van der Waals surface area contributed by atoms with Gasteiger partial charge in [-0.15, -0.1) is 0 Å². The van der Waals surface area contributed by atoms with E-state index in [9.17, 15) is 4.79 Å². The zero-order valence-electron chi connectivity index (χ0n) is 11.8. The predicted molar refractivity (Wildman–Crippen MR) is 79.1 cm³/mol. The fourth-order valence-corrected chi connectivity index (χ4v) is 2.27. The molecule has 19 heavy (non-hydrogen) atoms. The number of benzene rings is 1.